The van der Waals surface area contributed by atoms with Gasteiger partial charge in [0.1, 0.15) is 0 Å². The SMILES string of the molecule is CCNC(=NCc1csc(CCc2ccccc2)n1)NCC(C)(C)OC. The number of aromatic nitrogens is 1. The van der Waals surface area contributed by atoms with Crippen LogP contribution in [0.5, 0.6) is 0 Å². The number of aryl methyl sites for hydroxylation is 2. The van der Waals surface area contributed by atoms with Crippen LogP contribution in [-0.4, -0.2) is 36.7 Å². The van der Waals surface area contributed by atoms with Crippen molar-refractivity contribution in [1.82, 2.24) is 15.6 Å². The molecule has 26 heavy (non-hydrogen) atoms. The van der Waals surface area contributed by atoms with Gasteiger partial charge in [-0.3, -0.25) is 0 Å². The van der Waals surface area contributed by atoms with Gasteiger partial charge in [-0.25, -0.2) is 9.98 Å². The smallest absolute Gasteiger partial charge is 0.191 e. The molecule has 0 fully saturated rings. The first-order valence-electron chi connectivity index (χ1n) is 9.07. The quantitative estimate of drug-likeness (QED) is 0.522. The van der Waals surface area contributed by atoms with Gasteiger partial charge in [0.15, 0.2) is 5.96 Å². The number of guanidine groups is 1. The molecule has 2 aromatic rings. The molecule has 0 aliphatic heterocycles. The van der Waals surface area contributed by atoms with E-state index in [0.29, 0.717) is 13.1 Å². The Morgan fingerprint density at radius 2 is 1.96 bits per heavy atom. The van der Waals surface area contributed by atoms with Crippen molar-refractivity contribution < 1.29 is 4.74 Å². The molecule has 0 bridgehead atoms. The van der Waals surface area contributed by atoms with Crippen molar-refractivity contribution in [1.29, 1.82) is 0 Å². The zero-order valence-electron chi connectivity index (χ0n) is 16.2. The highest BCUT2D eigenvalue weighted by Gasteiger charge is 2.16. The fourth-order valence-corrected chi connectivity index (χ4v) is 3.09. The van der Waals surface area contributed by atoms with Crippen molar-refractivity contribution in [2.24, 2.45) is 4.99 Å². The Bertz CT molecular complexity index is 682. The highest BCUT2D eigenvalue weighted by atomic mass is 32.1. The standard InChI is InChI=1S/C20H30N4OS/c1-5-21-19(23-15-20(2,3)25-4)22-13-17-14-26-18(24-17)12-11-16-9-7-6-8-10-16/h6-10,14H,5,11-13,15H2,1-4H3,(H2,21,22,23). The van der Waals surface area contributed by atoms with Crippen molar-refractivity contribution in [3.8, 4) is 0 Å². The molecule has 1 aromatic heterocycles. The van der Waals surface area contributed by atoms with Crippen molar-refractivity contribution in [2.75, 3.05) is 20.2 Å². The molecule has 2 rings (SSSR count). The Hall–Kier alpha value is -1.92. The average Bonchev–Trinajstić information content (AvgIpc) is 3.11. The Balaban J connectivity index is 1.87. The number of benzene rings is 1. The molecule has 0 saturated heterocycles. The maximum absolute atomic E-state index is 5.44. The van der Waals surface area contributed by atoms with Crippen LogP contribution in [0.4, 0.5) is 0 Å². The van der Waals surface area contributed by atoms with E-state index in [4.69, 9.17) is 9.72 Å². The third-order valence-corrected chi connectivity index (χ3v) is 5.00. The third kappa shape index (κ3) is 7.14. The summed E-state index contributed by atoms with van der Waals surface area (Å²) in [6.07, 6.45) is 1.99. The Labute approximate surface area is 160 Å². The van der Waals surface area contributed by atoms with Gasteiger partial charge in [-0.2, -0.15) is 0 Å². The van der Waals surface area contributed by atoms with Crippen molar-refractivity contribution in [3.63, 3.8) is 0 Å². The lowest BCUT2D eigenvalue weighted by Crippen LogP contribution is -2.45. The first-order valence-corrected chi connectivity index (χ1v) is 9.95. The molecule has 0 radical (unpaired) electrons. The lowest BCUT2D eigenvalue weighted by atomic mass is 10.1. The number of methoxy groups -OCH3 is 1. The molecule has 142 valence electrons. The zero-order chi connectivity index (χ0) is 18.8. The molecule has 2 N–H and O–H groups in total. The molecule has 6 heteroatoms. The lowest BCUT2D eigenvalue weighted by molar-refractivity contribution is 0.0268. The van der Waals surface area contributed by atoms with Gasteiger partial charge in [0.2, 0.25) is 0 Å². The summed E-state index contributed by atoms with van der Waals surface area (Å²) < 4.78 is 5.44. The number of hydrogen-bond acceptors (Lipinski definition) is 4. The molecule has 0 amide bonds. The summed E-state index contributed by atoms with van der Waals surface area (Å²) in [7, 11) is 1.72. The van der Waals surface area contributed by atoms with Crippen molar-refractivity contribution in [2.45, 2.75) is 45.8 Å². The monoisotopic (exact) mass is 374 g/mol. The summed E-state index contributed by atoms with van der Waals surface area (Å²) in [6, 6.07) is 10.5. The van der Waals surface area contributed by atoms with Gasteiger partial charge in [0, 0.05) is 32.0 Å². The number of nitrogens with one attached hydrogen (secondary N) is 2. The maximum Gasteiger partial charge on any atom is 0.191 e. The zero-order valence-corrected chi connectivity index (χ0v) is 17.0. The molecule has 5 nitrogen and oxygen atoms in total. The van der Waals surface area contributed by atoms with E-state index in [2.05, 4.69) is 52.2 Å². The van der Waals surface area contributed by atoms with Crippen molar-refractivity contribution >= 4 is 17.3 Å². The maximum atomic E-state index is 5.44. The summed E-state index contributed by atoms with van der Waals surface area (Å²) in [5, 5.41) is 9.86. The van der Waals surface area contributed by atoms with Crippen molar-refractivity contribution in [3.05, 3.63) is 52.0 Å². The molecule has 0 spiro atoms. The van der Waals surface area contributed by atoms with E-state index in [-0.39, 0.29) is 5.60 Å². The fraction of sp³-hybridized carbons (Fsp3) is 0.500. The van der Waals surface area contributed by atoms with E-state index in [1.54, 1.807) is 18.4 Å². The van der Waals surface area contributed by atoms with E-state index >= 15 is 0 Å². The fourth-order valence-electron chi connectivity index (χ4n) is 2.30. The molecule has 0 aliphatic rings. The summed E-state index contributed by atoms with van der Waals surface area (Å²) in [5.41, 5.74) is 2.13. The van der Waals surface area contributed by atoms with Gasteiger partial charge >= 0.3 is 0 Å². The minimum atomic E-state index is -0.235. The van der Waals surface area contributed by atoms with E-state index < -0.39 is 0 Å². The van der Waals surface area contributed by atoms with Crippen LogP contribution in [0.15, 0.2) is 40.7 Å². The third-order valence-electron chi connectivity index (χ3n) is 4.05. The lowest BCUT2D eigenvalue weighted by Gasteiger charge is -2.24. The second kappa shape index (κ2) is 10.3. The highest BCUT2D eigenvalue weighted by molar-refractivity contribution is 7.09. The summed E-state index contributed by atoms with van der Waals surface area (Å²) in [5.74, 6) is 0.788. The number of aliphatic imine (C=N–C) groups is 1. The van der Waals surface area contributed by atoms with Crippen LogP contribution < -0.4 is 10.6 Å². The van der Waals surface area contributed by atoms with E-state index in [1.807, 2.05) is 19.9 Å². The highest BCUT2D eigenvalue weighted by Crippen LogP contribution is 2.14. The topological polar surface area (TPSA) is 58.5 Å². The van der Waals surface area contributed by atoms with Crippen LogP contribution >= 0.6 is 11.3 Å². The largest absolute Gasteiger partial charge is 0.377 e. The molecular formula is C20H30N4OS. The predicted molar refractivity (Wildman–Crippen MR) is 110 cm³/mol. The van der Waals surface area contributed by atoms with Crippen LogP contribution in [-0.2, 0) is 24.1 Å². The Kier molecular flexibility index (Phi) is 8.06. The first kappa shape index (κ1) is 20.4. The van der Waals surface area contributed by atoms with Gasteiger partial charge in [0.25, 0.3) is 0 Å². The molecule has 0 atom stereocenters. The van der Waals surface area contributed by atoms with Gasteiger partial charge in [-0.15, -0.1) is 11.3 Å². The second-order valence-corrected chi connectivity index (χ2v) is 7.67. The average molecular weight is 375 g/mol. The number of thiazole rings is 1. The summed E-state index contributed by atoms with van der Waals surface area (Å²) in [4.78, 5) is 9.35. The van der Waals surface area contributed by atoms with Crippen LogP contribution in [0.3, 0.4) is 0 Å². The van der Waals surface area contributed by atoms with Gasteiger partial charge in [0.05, 0.1) is 22.8 Å². The molecule has 1 aromatic carbocycles. The molecule has 0 aliphatic carbocycles. The Morgan fingerprint density at radius 1 is 1.19 bits per heavy atom. The van der Waals surface area contributed by atoms with Gasteiger partial charge in [-0.05, 0) is 32.8 Å². The normalized spacial score (nSPS) is 12.2. The van der Waals surface area contributed by atoms with Crippen LogP contribution in [0.1, 0.15) is 37.0 Å². The van der Waals surface area contributed by atoms with Crippen LogP contribution in [0.25, 0.3) is 0 Å². The first-order chi connectivity index (χ1) is 12.5. The summed E-state index contributed by atoms with van der Waals surface area (Å²) >= 11 is 1.71. The number of nitrogens with zero attached hydrogens (tertiary/aromatic N) is 2. The molecule has 1 heterocycles. The van der Waals surface area contributed by atoms with Crippen LogP contribution in [0.2, 0.25) is 0 Å². The van der Waals surface area contributed by atoms with E-state index in [0.717, 1.165) is 36.0 Å². The number of hydrogen-bond donors (Lipinski definition) is 2. The number of ether oxygens (including phenoxy) is 1. The molecular weight excluding hydrogens is 344 g/mol. The van der Waals surface area contributed by atoms with E-state index in [9.17, 15) is 0 Å². The second-order valence-electron chi connectivity index (χ2n) is 6.73. The predicted octanol–water partition coefficient (Wildman–Crippen LogP) is 3.41. The summed E-state index contributed by atoms with van der Waals surface area (Å²) in [6.45, 7) is 8.23. The Morgan fingerprint density at radius 3 is 2.65 bits per heavy atom. The molecule has 0 unspecified atom stereocenters. The van der Waals surface area contributed by atoms with E-state index in [1.165, 1.54) is 5.56 Å². The minimum absolute atomic E-state index is 0.235. The van der Waals surface area contributed by atoms with Crippen LogP contribution in [0, 0.1) is 0 Å². The molecule has 0 saturated carbocycles. The number of rotatable bonds is 9. The minimum Gasteiger partial charge on any atom is -0.377 e. The van der Waals surface area contributed by atoms with Gasteiger partial charge < -0.3 is 15.4 Å². The van der Waals surface area contributed by atoms with Gasteiger partial charge in [-0.1, -0.05) is 30.3 Å².